The Balaban J connectivity index is 1.36. The van der Waals surface area contributed by atoms with Gasteiger partial charge in [0.05, 0.1) is 12.3 Å². The van der Waals surface area contributed by atoms with E-state index >= 15 is 0 Å². The van der Waals surface area contributed by atoms with Crippen LogP contribution < -0.4 is 10.1 Å². The number of para-hydroxylation sites is 1. The predicted molar refractivity (Wildman–Crippen MR) is 134 cm³/mol. The van der Waals surface area contributed by atoms with Crippen LogP contribution in [0.25, 0.3) is 22.2 Å². The summed E-state index contributed by atoms with van der Waals surface area (Å²) in [5.41, 5.74) is 4.06. The molecule has 32 heavy (non-hydrogen) atoms. The number of amides is 1. The van der Waals surface area contributed by atoms with Crippen LogP contribution in [-0.2, 0) is 0 Å². The molecular weight excluding hydrogens is 416 g/mol. The van der Waals surface area contributed by atoms with Crippen LogP contribution in [0.4, 0.5) is 0 Å². The van der Waals surface area contributed by atoms with Crippen LogP contribution in [-0.4, -0.2) is 29.8 Å². The number of rotatable bonds is 10. The van der Waals surface area contributed by atoms with Crippen LogP contribution in [0.1, 0.15) is 30.1 Å². The molecule has 0 bridgehead atoms. The van der Waals surface area contributed by atoms with Gasteiger partial charge < -0.3 is 15.0 Å². The minimum absolute atomic E-state index is 0.0621. The minimum Gasteiger partial charge on any atom is -0.494 e. The number of ether oxygens (including phenoxy) is 1. The molecule has 0 fully saturated rings. The van der Waals surface area contributed by atoms with Crippen LogP contribution in [0.15, 0.2) is 83.8 Å². The summed E-state index contributed by atoms with van der Waals surface area (Å²) in [5, 5.41) is 4.24. The Labute approximate surface area is 193 Å². The van der Waals surface area contributed by atoms with E-state index in [4.69, 9.17) is 4.74 Å². The van der Waals surface area contributed by atoms with Crippen molar-refractivity contribution in [1.82, 2.24) is 10.3 Å². The van der Waals surface area contributed by atoms with Crippen LogP contribution in [0.5, 0.6) is 5.75 Å². The zero-order valence-electron chi connectivity index (χ0n) is 18.3. The average molecular weight is 445 g/mol. The van der Waals surface area contributed by atoms with Gasteiger partial charge in [-0.05, 0) is 42.3 Å². The van der Waals surface area contributed by atoms with Gasteiger partial charge in [-0.15, -0.1) is 11.8 Å². The van der Waals surface area contributed by atoms with Crippen LogP contribution in [0, 0.1) is 0 Å². The molecule has 0 aliphatic carbocycles. The molecule has 0 saturated carbocycles. The van der Waals surface area contributed by atoms with E-state index in [0.717, 1.165) is 41.1 Å². The molecule has 1 heterocycles. The highest BCUT2D eigenvalue weighted by atomic mass is 32.2. The van der Waals surface area contributed by atoms with Crippen molar-refractivity contribution in [2.24, 2.45) is 0 Å². The first-order chi connectivity index (χ1) is 15.8. The number of hydrogen-bond acceptors (Lipinski definition) is 3. The summed E-state index contributed by atoms with van der Waals surface area (Å²) in [4.78, 5) is 17.3. The number of nitrogens with one attached hydrogen (secondary N) is 2. The van der Waals surface area contributed by atoms with E-state index in [-0.39, 0.29) is 5.91 Å². The van der Waals surface area contributed by atoms with Gasteiger partial charge in [0.15, 0.2) is 0 Å². The third kappa shape index (κ3) is 5.35. The maximum absolute atomic E-state index is 12.5. The van der Waals surface area contributed by atoms with E-state index in [9.17, 15) is 4.79 Å². The van der Waals surface area contributed by atoms with Crippen LogP contribution in [0.3, 0.4) is 0 Å². The Morgan fingerprint density at radius 3 is 2.50 bits per heavy atom. The van der Waals surface area contributed by atoms with Gasteiger partial charge in [-0.25, -0.2) is 0 Å². The van der Waals surface area contributed by atoms with Gasteiger partial charge in [0.1, 0.15) is 5.75 Å². The molecule has 0 unspecified atom stereocenters. The van der Waals surface area contributed by atoms with E-state index < -0.39 is 0 Å². The number of unbranched alkanes of at least 4 members (excludes halogenated alkanes) is 1. The Hall–Kier alpha value is -3.18. The summed E-state index contributed by atoms with van der Waals surface area (Å²) in [6.45, 7) is 3.43. The molecule has 0 aliphatic heterocycles. The molecule has 1 amide bonds. The van der Waals surface area contributed by atoms with Crippen molar-refractivity contribution in [3.63, 3.8) is 0 Å². The molecule has 5 heteroatoms. The van der Waals surface area contributed by atoms with Gasteiger partial charge in [0, 0.05) is 33.7 Å². The summed E-state index contributed by atoms with van der Waals surface area (Å²) >= 11 is 1.76. The summed E-state index contributed by atoms with van der Waals surface area (Å²) in [5.74, 6) is 1.53. The quantitative estimate of drug-likeness (QED) is 0.216. The monoisotopic (exact) mass is 444 g/mol. The normalized spacial score (nSPS) is 10.9. The summed E-state index contributed by atoms with van der Waals surface area (Å²) in [7, 11) is 0. The fraction of sp³-hybridized carbons (Fsp3) is 0.222. The molecule has 0 radical (unpaired) electrons. The standard InChI is InChI=1S/C27H28N2O2S/c1-2-3-18-31-22-15-13-21(14-16-22)27(30)28-17-19-32-26-23-11-7-8-12-24(23)29-25(26)20-9-5-4-6-10-20/h4-16,29H,2-3,17-19H2,1H3,(H,28,30). The fourth-order valence-corrected chi connectivity index (χ4v) is 4.59. The highest BCUT2D eigenvalue weighted by Gasteiger charge is 2.13. The number of benzene rings is 3. The smallest absolute Gasteiger partial charge is 0.251 e. The zero-order chi connectivity index (χ0) is 22.2. The molecule has 164 valence electrons. The lowest BCUT2D eigenvalue weighted by molar-refractivity contribution is 0.0956. The van der Waals surface area contributed by atoms with Gasteiger partial charge in [-0.2, -0.15) is 0 Å². The van der Waals surface area contributed by atoms with Crippen molar-refractivity contribution < 1.29 is 9.53 Å². The maximum atomic E-state index is 12.5. The average Bonchev–Trinajstić information content (AvgIpc) is 3.21. The number of thioether (sulfide) groups is 1. The summed E-state index contributed by atoms with van der Waals surface area (Å²) in [6, 6.07) is 26.1. The lowest BCUT2D eigenvalue weighted by atomic mass is 10.1. The molecule has 4 nitrogen and oxygen atoms in total. The van der Waals surface area contributed by atoms with Gasteiger partial charge in [0.25, 0.3) is 5.91 Å². The first-order valence-electron chi connectivity index (χ1n) is 11.1. The van der Waals surface area contributed by atoms with Gasteiger partial charge in [-0.3, -0.25) is 4.79 Å². The Kier molecular flexibility index (Phi) is 7.51. The lowest BCUT2D eigenvalue weighted by Gasteiger charge is -2.08. The van der Waals surface area contributed by atoms with E-state index in [2.05, 4.69) is 59.7 Å². The van der Waals surface area contributed by atoms with Crippen molar-refractivity contribution in [3.05, 3.63) is 84.4 Å². The molecule has 3 aromatic carbocycles. The second kappa shape index (κ2) is 10.9. The molecule has 4 rings (SSSR count). The minimum atomic E-state index is -0.0621. The highest BCUT2D eigenvalue weighted by Crippen LogP contribution is 2.37. The molecule has 0 atom stereocenters. The number of carbonyl (C=O) groups excluding carboxylic acids is 1. The number of hydrogen-bond donors (Lipinski definition) is 2. The van der Waals surface area contributed by atoms with Crippen molar-refractivity contribution in [1.29, 1.82) is 0 Å². The largest absolute Gasteiger partial charge is 0.494 e. The lowest BCUT2D eigenvalue weighted by Crippen LogP contribution is -2.25. The molecule has 0 spiro atoms. The number of H-pyrrole nitrogens is 1. The SMILES string of the molecule is CCCCOc1ccc(C(=O)NCCSc2c(-c3ccccc3)[nH]c3ccccc23)cc1. The second-order valence-electron chi connectivity index (χ2n) is 7.57. The Morgan fingerprint density at radius 1 is 0.969 bits per heavy atom. The molecule has 2 N–H and O–H groups in total. The second-order valence-corrected chi connectivity index (χ2v) is 8.68. The van der Waals surface area contributed by atoms with Gasteiger partial charge in [-0.1, -0.05) is 61.9 Å². The van der Waals surface area contributed by atoms with E-state index in [0.29, 0.717) is 18.7 Å². The number of aromatic nitrogens is 1. The summed E-state index contributed by atoms with van der Waals surface area (Å²) in [6.07, 6.45) is 2.13. The van der Waals surface area contributed by atoms with Gasteiger partial charge in [0.2, 0.25) is 0 Å². The van der Waals surface area contributed by atoms with Crippen molar-refractivity contribution in [2.75, 3.05) is 18.9 Å². The van der Waals surface area contributed by atoms with Crippen molar-refractivity contribution in [2.45, 2.75) is 24.7 Å². The van der Waals surface area contributed by atoms with E-state index in [1.165, 1.54) is 10.3 Å². The number of fused-ring (bicyclic) bond motifs is 1. The first kappa shape index (κ1) is 22.0. The van der Waals surface area contributed by atoms with Crippen molar-refractivity contribution in [3.8, 4) is 17.0 Å². The molecule has 1 aromatic heterocycles. The number of aromatic amines is 1. The topological polar surface area (TPSA) is 54.1 Å². The molecular formula is C27H28N2O2S. The van der Waals surface area contributed by atoms with Gasteiger partial charge >= 0.3 is 0 Å². The highest BCUT2D eigenvalue weighted by molar-refractivity contribution is 7.99. The molecule has 0 saturated heterocycles. The third-order valence-corrected chi connectivity index (χ3v) is 6.36. The Morgan fingerprint density at radius 2 is 1.72 bits per heavy atom. The molecule has 4 aromatic rings. The van der Waals surface area contributed by atoms with E-state index in [1.54, 1.807) is 11.8 Å². The first-order valence-corrected chi connectivity index (χ1v) is 12.0. The molecule has 0 aliphatic rings. The predicted octanol–water partition coefficient (Wildman–Crippen LogP) is 6.54. The van der Waals surface area contributed by atoms with E-state index in [1.807, 2.05) is 36.4 Å². The third-order valence-electron chi connectivity index (χ3n) is 5.24. The van der Waals surface area contributed by atoms with Crippen LogP contribution in [0.2, 0.25) is 0 Å². The van der Waals surface area contributed by atoms with Crippen molar-refractivity contribution >= 4 is 28.6 Å². The van der Waals surface area contributed by atoms with Crippen LogP contribution >= 0.6 is 11.8 Å². The number of carbonyl (C=O) groups is 1. The fourth-order valence-electron chi connectivity index (χ4n) is 3.53. The zero-order valence-corrected chi connectivity index (χ0v) is 19.1. The summed E-state index contributed by atoms with van der Waals surface area (Å²) < 4.78 is 5.67. The maximum Gasteiger partial charge on any atom is 0.251 e. The Bertz CT molecular complexity index is 1150.